The van der Waals surface area contributed by atoms with Gasteiger partial charge in [0.25, 0.3) is 5.56 Å². The normalized spacial score (nSPS) is 17.9. The number of ether oxygens (including phenoxy) is 1. The highest BCUT2D eigenvalue weighted by molar-refractivity contribution is 5.47. The minimum atomic E-state index is -0.309. The number of anilines is 3. The highest BCUT2D eigenvalue weighted by atomic mass is 16.5. The molecule has 10 nitrogen and oxygen atoms in total. The smallest absolute Gasteiger partial charge is 0.332 e. The highest BCUT2D eigenvalue weighted by Crippen LogP contribution is 2.19. The standard InChI is InChI=1S/C18H25N7O3/c1-21-15(13-16(26)22(2)18(21)27)24-7-5-23(6-8-24)14-3-4-19-17(20-14)25-9-11-28-12-10-25/h3-4,13H,5-12H2,1-2H3. The van der Waals surface area contributed by atoms with Crippen LogP contribution in [0.2, 0.25) is 0 Å². The molecule has 0 saturated carbocycles. The van der Waals surface area contributed by atoms with Crippen molar-refractivity contribution in [2.75, 3.05) is 67.2 Å². The van der Waals surface area contributed by atoms with Gasteiger partial charge >= 0.3 is 5.69 Å². The number of rotatable bonds is 3. The first-order chi connectivity index (χ1) is 13.5. The molecule has 2 fully saturated rings. The van der Waals surface area contributed by atoms with Gasteiger partial charge in [0.2, 0.25) is 5.95 Å². The SMILES string of the molecule is Cn1c(N2CCN(c3ccnc(N4CCOCC4)n3)CC2)cc(=O)n(C)c1=O. The van der Waals surface area contributed by atoms with E-state index in [2.05, 4.69) is 19.7 Å². The minimum Gasteiger partial charge on any atom is -0.378 e. The van der Waals surface area contributed by atoms with Gasteiger partial charge in [0.1, 0.15) is 11.6 Å². The summed E-state index contributed by atoms with van der Waals surface area (Å²) in [6.07, 6.45) is 1.80. The van der Waals surface area contributed by atoms with Crippen LogP contribution in [0, 0.1) is 0 Å². The number of aromatic nitrogens is 4. The van der Waals surface area contributed by atoms with Gasteiger partial charge in [-0.15, -0.1) is 0 Å². The molecule has 28 heavy (non-hydrogen) atoms. The summed E-state index contributed by atoms with van der Waals surface area (Å²) in [5.41, 5.74) is -0.595. The molecule has 4 heterocycles. The molecule has 0 bridgehead atoms. The Bertz CT molecular complexity index is 956. The third-order valence-electron chi connectivity index (χ3n) is 5.35. The first-order valence-electron chi connectivity index (χ1n) is 9.47. The maximum atomic E-state index is 12.2. The summed E-state index contributed by atoms with van der Waals surface area (Å²) < 4.78 is 8.04. The molecule has 2 saturated heterocycles. The summed E-state index contributed by atoms with van der Waals surface area (Å²) in [5.74, 6) is 2.29. The molecular weight excluding hydrogens is 362 g/mol. The Labute approximate surface area is 162 Å². The summed E-state index contributed by atoms with van der Waals surface area (Å²) in [7, 11) is 3.19. The lowest BCUT2D eigenvalue weighted by Crippen LogP contribution is -2.49. The zero-order valence-electron chi connectivity index (χ0n) is 16.2. The second kappa shape index (κ2) is 7.63. The molecule has 2 aromatic rings. The average Bonchev–Trinajstić information content (AvgIpc) is 2.76. The summed E-state index contributed by atoms with van der Waals surface area (Å²) in [6, 6.07) is 3.45. The Hall–Kier alpha value is -2.88. The molecule has 2 aliphatic rings. The van der Waals surface area contributed by atoms with Crippen molar-refractivity contribution in [3.63, 3.8) is 0 Å². The van der Waals surface area contributed by atoms with Crippen LogP contribution < -0.4 is 25.9 Å². The molecule has 0 aromatic carbocycles. The van der Waals surface area contributed by atoms with Crippen molar-refractivity contribution in [3.8, 4) is 0 Å². The highest BCUT2D eigenvalue weighted by Gasteiger charge is 2.22. The van der Waals surface area contributed by atoms with Crippen LogP contribution in [0.3, 0.4) is 0 Å². The first kappa shape index (κ1) is 18.5. The maximum absolute atomic E-state index is 12.2. The van der Waals surface area contributed by atoms with Gasteiger partial charge in [0.15, 0.2) is 0 Å². The first-order valence-corrected chi connectivity index (χ1v) is 9.47. The van der Waals surface area contributed by atoms with Gasteiger partial charge in [-0.1, -0.05) is 0 Å². The van der Waals surface area contributed by atoms with Crippen LogP contribution in [0.1, 0.15) is 0 Å². The Kier molecular flexibility index (Phi) is 5.03. The summed E-state index contributed by atoms with van der Waals surface area (Å²) in [4.78, 5) is 39.8. The molecule has 0 amide bonds. The van der Waals surface area contributed by atoms with Crippen molar-refractivity contribution in [2.45, 2.75) is 0 Å². The Morgan fingerprint density at radius 3 is 2.29 bits per heavy atom. The molecule has 0 radical (unpaired) electrons. The lowest BCUT2D eigenvalue weighted by Gasteiger charge is -2.37. The minimum absolute atomic E-state index is 0.286. The van der Waals surface area contributed by atoms with Crippen molar-refractivity contribution < 1.29 is 4.74 Å². The lowest BCUT2D eigenvalue weighted by atomic mass is 10.3. The molecule has 2 aromatic heterocycles. The van der Waals surface area contributed by atoms with Gasteiger partial charge in [-0.2, -0.15) is 4.98 Å². The molecule has 0 atom stereocenters. The van der Waals surface area contributed by atoms with Crippen LogP contribution in [0.25, 0.3) is 0 Å². The number of piperazine rings is 1. The van der Waals surface area contributed by atoms with E-state index in [0.29, 0.717) is 32.1 Å². The van der Waals surface area contributed by atoms with Gasteiger partial charge in [-0.25, -0.2) is 9.78 Å². The molecule has 10 heteroatoms. The predicted octanol–water partition coefficient (Wildman–Crippen LogP) is -0.963. The van der Waals surface area contributed by atoms with Gasteiger partial charge in [0.05, 0.1) is 13.2 Å². The molecule has 2 aliphatic heterocycles. The van der Waals surface area contributed by atoms with Crippen molar-refractivity contribution in [1.82, 2.24) is 19.1 Å². The fourth-order valence-electron chi connectivity index (χ4n) is 3.62. The summed E-state index contributed by atoms with van der Waals surface area (Å²) in [6.45, 7) is 5.91. The molecule has 0 unspecified atom stereocenters. The van der Waals surface area contributed by atoms with Crippen LogP contribution in [0.15, 0.2) is 27.9 Å². The van der Waals surface area contributed by atoms with Crippen LogP contribution in [-0.2, 0) is 18.8 Å². The third kappa shape index (κ3) is 3.47. The fourth-order valence-corrected chi connectivity index (χ4v) is 3.62. The number of morpholine rings is 1. The van der Waals surface area contributed by atoms with E-state index in [4.69, 9.17) is 9.72 Å². The van der Waals surface area contributed by atoms with Gasteiger partial charge in [0, 0.05) is 65.6 Å². The lowest BCUT2D eigenvalue weighted by molar-refractivity contribution is 0.122. The Balaban J connectivity index is 1.48. The van der Waals surface area contributed by atoms with E-state index >= 15 is 0 Å². The van der Waals surface area contributed by atoms with Crippen molar-refractivity contribution in [1.29, 1.82) is 0 Å². The van der Waals surface area contributed by atoms with E-state index in [0.717, 1.165) is 42.5 Å². The maximum Gasteiger partial charge on any atom is 0.332 e. The van der Waals surface area contributed by atoms with Crippen LogP contribution in [0.5, 0.6) is 0 Å². The van der Waals surface area contributed by atoms with Crippen molar-refractivity contribution >= 4 is 17.6 Å². The quantitative estimate of drug-likeness (QED) is 0.665. The fraction of sp³-hybridized carbons (Fsp3) is 0.556. The molecule has 0 aliphatic carbocycles. The van der Waals surface area contributed by atoms with Crippen LogP contribution >= 0.6 is 0 Å². The second-order valence-electron chi connectivity index (χ2n) is 7.03. The van der Waals surface area contributed by atoms with Crippen LogP contribution in [-0.4, -0.2) is 71.6 Å². The van der Waals surface area contributed by atoms with E-state index in [1.807, 2.05) is 6.07 Å². The molecule has 0 spiro atoms. The Morgan fingerprint density at radius 2 is 1.57 bits per heavy atom. The number of nitrogens with zero attached hydrogens (tertiary/aromatic N) is 7. The Morgan fingerprint density at radius 1 is 0.893 bits per heavy atom. The molecule has 4 rings (SSSR count). The largest absolute Gasteiger partial charge is 0.378 e. The van der Waals surface area contributed by atoms with Gasteiger partial charge in [-0.05, 0) is 6.07 Å². The van der Waals surface area contributed by atoms with E-state index in [1.54, 1.807) is 13.2 Å². The van der Waals surface area contributed by atoms with Crippen molar-refractivity contribution in [2.24, 2.45) is 14.1 Å². The second-order valence-corrected chi connectivity index (χ2v) is 7.03. The molecule has 0 N–H and O–H groups in total. The van der Waals surface area contributed by atoms with E-state index < -0.39 is 0 Å². The van der Waals surface area contributed by atoms with Gasteiger partial charge in [-0.3, -0.25) is 13.9 Å². The van der Waals surface area contributed by atoms with Crippen LogP contribution in [0.4, 0.5) is 17.6 Å². The van der Waals surface area contributed by atoms with Gasteiger partial charge < -0.3 is 19.4 Å². The number of hydrogen-bond acceptors (Lipinski definition) is 8. The summed E-state index contributed by atoms with van der Waals surface area (Å²) in [5, 5.41) is 0. The predicted molar refractivity (Wildman–Crippen MR) is 106 cm³/mol. The molecule has 150 valence electrons. The number of hydrogen-bond donors (Lipinski definition) is 0. The topological polar surface area (TPSA) is 88.7 Å². The zero-order chi connectivity index (χ0) is 19.7. The average molecular weight is 387 g/mol. The van der Waals surface area contributed by atoms with E-state index in [9.17, 15) is 9.59 Å². The third-order valence-corrected chi connectivity index (χ3v) is 5.35. The van der Waals surface area contributed by atoms with E-state index in [-0.39, 0.29) is 11.2 Å². The van der Waals surface area contributed by atoms with E-state index in [1.165, 1.54) is 17.7 Å². The summed E-state index contributed by atoms with van der Waals surface area (Å²) >= 11 is 0. The zero-order valence-corrected chi connectivity index (χ0v) is 16.2. The monoisotopic (exact) mass is 387 g/mol. The molecular formula is C18H25N7O3. The van der Waals surface area contributed by atoms with Crippen molar-refractivity contribution in [3.05, 3.63) is 39.2 Å².